The summed E-state index contributed by atoms with van der Waals surface area (Å²) in [6, 6.07) is 7.14. The topological polar surface area (TPSA) is 58.6 Å². The van der Waals surface area contributed by atoms with Gasteiger partial charge in [0.2, 0.25) is 5.91 Å². The Bertz CT molecular complexity index is 497. The van der Waals surface area contributed by atoms with Gasteiger partial charge in [-0.3, -0.25) is 9.59 Å². The summed E-state index contributed by atoms with van der Waals surface area (Å²) in [5.41, 5.74) is 1.45. The Morgan fingerprint density at radius 1 is 1.33 bits per heavy atom. The van der Waals surface area contributed by atoms with Crippen molar-refractivity contribution in [1.29, 1.82) is 0 Å². The van der Waals surface area contributed by atoms with Crippen molar-refractivity contribution in [3.8, 4) is 0 Å². The van der Waals surface area contributed by atoms with Crippen LogP contribution < -0.4 is 10.2 Å². The van der Waals surface area contributed by atoms with Gasteiger partial charge in [0.05, 0.1) is 12.7 Å². The minimum atomic E-state index is -0.123. The lowest BCUT2D eigenvalue weighted by Crippen LogP contribution is -2.28. The van der Waals surface area contributed by atoms with Crippen LogP contribution in [0, 0.1) is 0 Å². The number of nitrogens with zero attached hydrogens (tertiary/aromatic N) is 1. The minimum Gasteiger partial charge on any atom is -0.377 e. The summed E-state index contributed by atoms with van der Waals surface area (Å²) >= 11 is 0. The van der Waals surface area contributed by atoms with Gasteiger partial charge in [-0.15, -0.1) is 0 Å². The molecular weight excluding hydrogens is 268 g/mol. The first kappa shape index (κ1) is 15.5. The zero-order valence-corrected chi connectivity index (χ0v) is 12.6. The smallest absolute Gasteiger partial charge is 0.251 e. The largest absolute Gasteiger partial charge is 0.377 e. The molecule has 0 radical (unpaired) electrons. The molecule has 0 saturated carbocycles. The molecule has 5 nitrogen and oxygen atoms in total. The van der Waals surface area contributed by atoms with E-state index in [0.717, 1.165) is 18.7 Å². The summed E-state index contributed by atoms with van der Waals surface area (Å²) in [6.07, 6.45) is 1.67. The van der Waals surface area contributed by atoms with Gasteiger partial charge < -0.3 is 15.0 Å². The van der Waals surface area contributed by atoms with Crippen molar-refractivity contribution in [1.82, 2.24) is 5.32 Å². The highest BCUT2D eigenvalue weighted by Gasteiger charge is 2.21. The third kappa shape index (κ3) is 4.29. The van der Waals surface area contributed by atoms with Crippen LogP contribution in [0.3, 0.4) is 0 Å². The molecule has 1 saturated heterocycles. The predicted molar refractivity (Wildman–Crippen MR) is 81.5 cm³/mol. The van der Waals surface area contributed by atoms with Gasteiger partial charge in [0, 0.05) is 30.8 Å². The van der Waals surface area contributed by atoms with Gasteiger partial charge in [-0.1, -0.05) is 0 Å². The summed E-state index contributed by atoms with van der Waals surface area (Å²) in [6.45, 7) is 5.67. The van der Waals surface area contributed by atoms with Crippen LogP contribution in [0.15, 0.2) is 24.3 Å². The van der Waals surface area contributed by atoms with Crippen molar-refractivity contribution in [3.05, 3.63) is 29.8 Å². The minimum absolute atomic E-state index is 0.123. The molecule has 0 atom stereocenters. The summed E-state index contributed by atoms with van der Waals surface area (Å²) in [5, 5.41) is 2.81. The molecular formula is C16H22N2O3. The molecule has 0 bridgehead atoms. The molecule has 0 aliphatic carbocycles. The van der Waals surface area contributed by atoms with E-state index in [1.165, 1.54) is 0 Å². The van der Waals surface area contributed by atoms with Crippen molar-refractivity contribution < 1.29 is 14.3 Å². The van der Waals surface area contributed by atoms with Crippen LogP contribution in [0.25, 0.3) is 0 Å². The van der Waals surface area contributed by atoms with Gasteiger partial charge in [-0.25, -0.2) is 0 Å². The maximum Gasteiger partial charge on any atom is 0.251 e. The Hall–Kier alpha value is -1.88. The summed E-state index contributed by atoms with van der Waals surface area (Å²) < 4.78 is 5.37. The number of rotatable bonds is 6. The van der Waals surface area contributed by atoms with Crippen LogP contribution in [-0.4, -0.2) is 37.6 Å². The SMILES string of the molecule is CC(C)OCCNC(=O)c1ccc(N2CCCC2=O)cc1. The highest BCUT2D eigenvalue weighted by Crippen LogP contribution is 2.21. The Balaban J connectivity index is 1.86. The quantitative estimate of drug-likeness (QED) is 0.815. The lowest BCUT2D eigenvalue weighted by atomic mass is 10.2. The molecule has 0 spiro atoms. The van der Waals surface area contributed by atoms with E-state index in [2.05, 4.69) is 5.32 Å². The van der Waals surface area contributed by atoms with Gasteiger partial charge in [-0.05, 0) is 44.5 Å². The lowest BCUT2D eigenvalue weighted by molar-refractivity contribution is -0.117. The highest BCUT2D eigenvalue weighted by molar-refractivity contribution is 5.97. The van der Waals surface area contributed by atoms with E-state index in [9.17, 15) is 9.59 Å². The van der Waals surface area contributed by atoms with Crippen LogP contribution in [0.5, 0.6) is 0 Å². The molecule has 5 heteroatoms. The first-order valence-corrected chi connectivity index (χ1v) is 7.38. The molecule has 1 aliphatic heterocycles. The summed E-state index contributed by atoms with van der Waals surface area (Å²) in [7, 11) is 0. The van der Waals surface area contributed by atoms with Crippen LogP contribution in [0.2, 0.25) is 0 Å². The number of anilines is 1. The number of ether oxygens (including phenoxy) is 1. The molecule has 2 rings (SSSR count). The number of hydrogen-bond acceptors (Lipinski definition) is 3. The Morgan fingerprint density at radius 2 is 2.05 bits per heavy atom. The standard InChI is InChI=1S/C16H22N2O3/c1-12(2)21-11-9-17-16(20)13-5-7-14(8-6-13)18-10-3-4-15(18)19/h5-8,12H,3-4,9-11H2,1-2H3,(H,17,20). The Kier molecular flexibility index (Phi) is 5.33. The first-order valence-electron chi connectivity index (χ1n) is 7.38. The van der Waals surface area contributed by atoms with Crippen molar-refractivity contribution in [2.24, 2.45) is 0 Å². The molecule has 1 aromatic rings. The molecule has 1 fully saturated rings. The molecule has 1 N–H and O–H groups in total. The van der Waals surface area contributed by atoms with Crippen LogP contribution in [0.1, 0.15) is 37.0 Å². The van der Waals surface area contributed by atoms with Crippen LogP contribution in [-0.2, 0) is 9.53 Å². The van der Waals surface area contributed by atoms with Gasteiger partial charge in [0.15, 0.2) is 0 Å². The number of nitrogens with one attached hydrogen (secondary N) is 1. The first-order chi connectivity index (χ1) is 10.1. The fourth-order valence-corrected chi connectivity index (χ4v) is 2.28. The normalized spacial score (nSPS) is 14.8. The van der Waals surface area contributed by atoms with E-state index in [1.807, 2.05) is 26.0 Å². The number of benzene rings is 1. The van der Waals surface area contributed by atoms with E-state index in [-0.39, 0.29) is 17.9 Å². The Labute approximate surface area is 125 Å². The maximum atomic E-state index is 11.9. The van der Waals surface area contributed by atoms with E-state index in [1.54, 1.807) is 17.0 Å². The zero-order valence-electron chi connectivity index (χ0n) is 12.6. The van der Waals surface area contributed by atoms with Gasteiger partial charge in [-0.2, -0.15) is 0 Å². The summed E-state index contributed by atoms with van der Waals surface area (Å²) in [4.78, 5) is 25.4. The molecule has 114 valence electrons. The van der Waals surface area contributed by atoms with E-state index < -0.39 is 0 Å². The predicted octanol–water partition coefficient (Wildman–Crippen LogP) is 1.97. The highest BCUT2D eigenvalue weighted by atomic mass is 16.5. The second kappa shape index (κ2) is 7.22. The molecule has 21 heavy (non-hydrogen) atoms. The second-order valence-electron chi connectivity index (χ2n) is 5.37. The van der Waals surface area contributed by atoms with Gasteiger partial charge in [0.25, 0.3) is 5.91 Å². The third-order valence-electron chi connectivity index (χ3n) is 3.35. The van der Waals surface area contributed by atoms with E-state index in [0.29, 0.717) is 25.1 Å². The Morgan fingerprint density at radius 3 is 2.62 bits per heavy atom. The molecule has 0 aromatic heterocycles. The maximum absolute atomic E-state index is 11.9. The average Bonchev–Trinajstić information content (AvgIpc) is 2.89. The second-order valence-corrected chi connectivity index (χ2v) is 5.37. The molecule has 2 amide bonds. The molecule has 0 unspecified atom stereocenters. The number of amides is 2. The van der Waals surface area contributed by atoms with Crippen LogP contribution >= 0.6 is 0 Å². The zero-order chi connectivity index (χ0) is 15.2. The number of carbonyl (C=O) groups is 2. The van der Waals surface area contributed by atoms with Crippen molar-refractivity contribution in [2.75, 3.05) is 24.6 Å². The van der Waals surface area contributed by atoms with E-state index in [4.69, 9.17) is 4.74 Å². The van der Waals surface area contributed by atoms with Gasteiger partial charge in [0.1, 0.15) is 0 Å². The van der Waals surface area contributed by atoms with Gasteiger partial charge >= 0.3 is 0 Å². The van der Waals surface area contributed by atoms with E-state index >= 15 is 0 Å². The van der Waals surface area contributed by atoms with Crippen molar-refractivity contribution in [3.63, 3.8) is 0 Å². The lowest BCUT2D eigenvalue weighted by Gasteiger charge is -2.15. The fourth-order valence-electron chi connectivity index (χ4n) is 2.28. The number of hydrogen-bond donors (Lipinski definition) is 1. The van der Waals surface area contributed by atoms with Crippen LogP contribution in [0.4, 0.5) is 5.69 Å². The monoisotopic (exact) mass is 290 g/mol. The summed E-state index contributed by atoms with van der Waals surface area (Å²) in [5.74, 6) is 0.0275. The number of carbonyl (C=O) groups excluding carboxylic acids is 2. The average molecular weight is 290 g/mol. The fraction of sp³-hybridized carbons (Fsp3) is 0.500. The third-order valence-corrected chi connectivity index (χ3v) is 3.35. The molecule has 1 heterocycles. The van der Waals surface area contributed by atoms with Crippen molar-refractivity contribution >= 4 is 17.5 Å². The van der Waals surface area contributed by atoms with Crippen molar-refractivity contribution in [2.45, 2.75) is 32.8 Å². The molecule has 1 aliphatic rings. The molecule has 1 aromatic carbocycles.